The smallest absolute Gasteiger partial charge is 0.180 e. The molecule has 18 heavy (non-hydrogen) atoms. The lowest BCUT2D eigenvalue weighted by molar-refractivity contribution is 0.615. The van der Waals surface area contributed by atoms with Gasteiger partial charge in [-0.2, -0.15) is 0 Å². The van der Waals surface area contributed by atoms with Crippen molar-refractivity contribution in [3.63, 3.8) is 0 Å². The highest BCUT2D eigenvalue weighted by Crippen LogP contribution is 2.42. The fourth-order valence-corrected chi connectivity index (χ4v) is 3.94. The maximum Gasteiger partial charge on any atom is 0.180 e. The molecule has 4 heteroatoms. The molecule has 0 radical (unpaired) electrons. The Labute approximate surface area is 116 Å². The van der Waals surface area contributed by atoms with Crippen LogP contribution in [0.4, 0.5) is 5.13 Å². The SMILES string of the molecule is Cc1ccc(Cl)cc1C1CCCc2nc(N)sc21. The summed E-state index contributed by atoms with van der Waals surface area (Å²) in [4.78, 5) is 5.78. The first-order chi connectivity index (χ1) is 8.65. The van der Waals surface area contributed by atoms with E-state index < -0.39 is 0 Å². The van der Waals surface area contributed by atoms with E-state index in [9.17, 15) is 0 Å². The third kappa shape index (κ3) is 2.02. The molecule has 1 heterocycles. The minimum atomic E-state index is 0.419. The largest absolute Gasteiger partial charge is 0.375 e. The summed E-state index contributed by atoms with van der Waals surface area (Å²) in [5, 5.41) is 1.49. The molecule has 0 fully saturated rings. The summed E-state index contributed by atoms with van der Waals surface area (Å²) < 4.78 is 0. The van der Waals surface area contributed by atoms with E-state index in [-0.39, 0.29) is 0 Å². The third-order valence-electron chi connectivity index (χ3n) is 3.58. The van der Waals surface area contributed by atoms with Gasteiger partial charge < -0.3 is 5.73 Å². The molecule has 1 aromatic heterocycles. The summed E-state index contributed by atoms with van der Waals surface area (Å²) in [6.45, 7) is 2.14. The molecule has 1 unspecified atom stereocenters. The van der Waals surface area contributed by atoms with Gasteiger partial charge in [-0.15, -0.1) is 11.3 Å². The van der Waals surface area contributed by atoms with Crippen molar-refractivity contribution in [1.29, 1.82) is 0 Å². The number of nitrogens with zero attached hydrogens (tertiary/aromatic N) is 1. The van der Waals surface area contributed by atoms with E-state index in [4.69, 9.17) is 17.3 Å². The zero-order valence-electron chi connectivity index (χ0n) is 10.2. The molecule has 0 amide bonds. The minimum absolute atomic E-state index is 0.419. The second kappa shape index (κ2) is 4.56. The first-order valence-electron chi connectivity index (χ1n) is 6.16. The number of nitrogen functional groups attached to an aromatic ring is 1. The van der Waals surface area contributed by atoms with Crippen molar-refractivity contribution in [2.24, 2.45) is 0 Å². The van der Waals surface area contributed by atoms with E-state index in [0.717, 1.165) is 17.9 Å². The standard InChI is InChI=1S/C14H15ClN2S/c1-8-5-6-9(15)7-11(8)10-3-2-4-12-13(10)18-14(16)17-12/h5-7,10H,2-4H2,1H3,(H2,16,17). The van der Waals surface area contributed by atoms with Crippen molar-refractivity contribution < 1.29 is 0 Å². The van der Waals surface area contributed by atoms with E-state index >= 15 is 0 Å². The Kier molecular flexibility index (Phi) is 3.04. The predicted octanol–water partition coefficient (Wildman–Crippen LogP) is 4.16. The van der Waals surface area contributed by atoms with E-state index in [1.807, 2.05) is 6.07 Å². The summed E-state index contributed by atoms with van der Waals surface area (Å²) in [5.41, 5.74) is 9.66. The Balaban J connectivity index is 2.10. The van der Waals surface area contributed by atoms with Crippen molar-refractivity contribution in [3.8, 4) is 0 Å². The van der Waals surface area contributed by atoms with Crippen LogP contribution in [0.25, 0.3) is 0 Å². The van der Waals surface area contributed by atoms with Gasteiger partial charge in [-0.25, -0.2) is 4.98 Å². The Morgan fingerprint density at radius 2 is 2.28 bits per heavy atom. The van der Waals surface area contributed by atoms with Crippen LogP contribution in [0.5, 0.6) is 0 Å². The van der Waals surface area contributed by atoms with Gasteiger partial charge in [-0.3, -0.25) is 0 Å². The van der Waals surface area contributed by atoms with Crippen LogP contribution in [-0.4, -0.2) is 4.98 Å². The molecule has 94 valence electrons. The van der Waals surface area contributed by atoms with Crippen LogP contribution in [0.1, 0.15) is 40.5 Å². The fourth-order valence-electron chi connectivity index (χ4n) is 2.72. The van der Waals surface area contributed by atoms with Crippen LogP contribution < -0.4 is 5.73 Å². The number of thiazole rings is 1. The zero-order chi connectivity index (χ0) is 12.7. The average molecular weight is 279 g/mol. The first-order valence-corrected chi connectivity index (χ1v) is 7.35. The zero-order valence-corrected chi connectivity index (χ0v) is 11.8. The van der Waals surface area contributed by atoms with Crippen LogP contribution in [0.15, 0.2) is 18.2 Å². The van der Waals surface area contributed by atoms with Gasteiger partial charge in [0.25, 0.3) is 0 Å². The summed E-state index contributed by atoms with van der Waals surface area (Å²) >= 11 is 7.76. The quantitative estimate of drug-likeness (QED) is 0.851. The van der Waals surface area contributed by atoms with Crippen molar-refractivity contribution in [2.75, 3.05) is 5.73 Å². The number of aryl methyl sites for hydroxylation is 2. The van der Waals surface area contributed by atoms with Gasteiger partial charge in [-0.1, -0.05) is 17.7 Å². The number of halogens is 1. The molecule has 0 spiro atoms. The van der Waals surface area contributed by atoms with Crippen molar-refractivity contribution in [1.82, 2.24) is 4.98 Å². The van der Waals surface area contributed by atoms with Gasteiger partial charge in [0.2, 0.25) is 0 Å². The molecular formula is C14H15ClN2S. The molecule has 0 saturated carbocycles. The number of hydrogen-bond acceptors (Lipinski definition) is 3. The average Bonchev–Trinajstić information content (AvgIpc) is 2.72. The van der Waals surface area contributed by atoms with E-state index in [1.165, 1.54) is 28.1 Å². The van der Waals surface area contributed by atoms with Crippen molar-refractivity contribution >= 4 is 28.1 Å². The number of hydrogen-bond donors (Lipinski definition) is 1. The Hall–Kier alpha value is -1.06. The molecule has 1 aliphatic carbocycles. The van der Waals surface area contributed by atoms with Gasteiger partial charge in [0.1, 0.15) is 0 Å². The normalized spacial score (nSPS) is 18.7. The van der Waals surface area contributed by atoms with E-state index in [0.29, 0.717) is 11.0 Å². The highest BCUT2D eigenvalue weighted by molar-refractivity contribution is 7.15. The second-order valence-corrected chi connectivity index (χ2v) is 6.31. The summed E-state index contributed by atoms with van der Waals surface area (Å²) in [6, 6.07) is 6.13. The summed E-state index contributed by atoms with van der Waals surface area (Å²) in [5.74, 6) is 0.419. The highest BCUT2D eigenvalue weighted by atomic mass is 35.5. The molecule has 0 aliphatic heterocycles. The highest BCUT2D eigenvalue weighted by Gasteiger charge is 2.26. The number of anilines is 1. The Bertz CT molecular complexity index is 591. The maximum atomic E-state index is 6.13. The van der Waals surface area contributed by atoms with Gasteiger partial charge in [-0.05, 0) is 49.4 Å². The van der Waals surface area contributed by atoms with Gasteiger partial charge in [0.05, 0.1) is 5.69 Å². The molecule has 1 atom stereocenters. The van der Waals surface area contributed by atoms with Crippen LogP contribution in [0.2, 0.25) is 5.02 Å². The lowest BCUT2D eigenvalue weighted by Crippen LogP contribution is -2.10. The lowest BCUT2D eigenvalue weighted by atomic mass is 9.84. The van der Waals surface area contributed by atoms with Gasteiger partial charge in [0, 0.05) is 15.8 Å². The number of nitrogens with two attached hydrogens (primary N) is 1. The predicted molar refractivity (Wildman–Crippen MR) is 77.5 cm³/mol. The molecule has 1 aliphatic rings. The number of aromatic nitrogens is 1. The van der Waals surface area contributed by atoms with Crippen LogP contribution in [-0.2, 0) is 6.42 Å². The summed E-state index contributed by atoms with van der Waals surface area (Å²) in [7, 11) is 0. The van der Waals surface area contributed by atoms with Crippen LogP contribution in [0.3, 0.4) is 0 Å². The first kappa shape index (κ1) is 12.0. The number of rotatable bonds is 1. The molecule has 0 bridgehead atoms. The summed E-state index contributed by atoms with van der Waals surface area (Å²) in [6.07, 6.45) is 3.39. The molecule has 0 saturated heterocycles. The molecule has 1 aromatic carbocycles. The molecule has 2 N–H and O–H groups in total. The fraction of sp³-hybridized carbons (Fsp3) is 0.357. The second-order valence-electron chi connectivity index (χ2n) is 4.81. The van der Waals surface area contributed by atoms with Crippen molar-refractivity contribution in [3.05, 3.63) is 44.9 Å². The lowest BCUT2D eigenvalue weighted by Gasteiger charge is -2.23. The van der Waals surface area contributed by atoms with Crippen LogP contribution in [0, 0.1) is 6.92 Å². The number of fused-ring (bicyclic) bond motifs is 1. The number of benzene rings is 1. The monoisotopic (exact) mass is 278 g/mol. The van der Waals surface area contributed by atoms with E-state index in [1.54, 1.807) is 11.3 Å². The van der Waals surface area contributed by atoms with Gasteiger partial charge >= 0.3 is 0 Å². The van der Waals surface area contributed by atoms with Crippen molar-refractivity contribution in [2.45, 2.75) is 32.1 Å². The maximum absolute atomic E-state index is 6.13. The molecular weight excluding hydrogens is 264 g/mol. The Morgan fingerprint density at radius 1 is 1.44 bits per heavy atom. The molecule has 3 rings (SSSR count). The molecule has 2 aromatic rings. The Morgan fingerprint density at radius 3 is 3.11 bits per heavy atom. The van der Waals surface area contributed by atoms with Gasteiger partial charge in [0.15, 0.2) is 5.13 Å². The molecule has 2 nitrogen and oxygen atoms in total. The third-order valence-corrected chi connectivity index (χ3v) is 4.86. The topological polar surface area (TPSA) is 38.9 Å². The van der Waals surface area contributed by atoms with Crippen LogP contribution >= 0.6 is 22.9 Å². The minimum Gasteiger partial charge on any atom is -0.375 e. The van der Waals surface area contributed by atoms with E-state index in [2.05, 4.69) is 24.0 Å².